The molecule has 1 aromatic carbocycles. The van der Waals surface area contributed by atoms with E-state index in [2.05, 4.69) is 10.6 Å². The number of benzene rings is 1. The van der Waals surface area contributed by atoms with E-state index in [0.717, 1.165) is 6.42 Å². The molecule has 6 heteroatoms. The SMILES string of the molecule is CCCC(C)(CO)NC(=O)Nc1ccc(SC)c(F)c1. The molecule has 1 unspecified atom stereocenters. The third-order valence-electron chi connectivity index (χ3n) is 2.98. The van der Waals surface area contributed by atoms with Crippen LogP contribution in [0.25, 0.3) is 0 Å². The lowest BCUT2D eigenvalue weighted by Gasteiger charge is -2.28. The summed E-state index contributed by atoms with van der Waals surface area (Å²) in [6, 6.07) is 4.09. The molecule has 0 radical (unpaired) electrons. The molecule has 0 aliphatic rings. The Hall–Kier alpha value is -1.27. The molecule has 0 aliphatic carbocycles. The average Bonchev–Trinajstić information content (AvgIpc) is 2.39. The predicted octanol–water partition coefficient (Wildman–Crippen LogP) is 3.22. The van der Waals surface area contributed by atoms with Gasteiger partial charge in [0.05, 0.1) is 12.1 Å². The van der Waals surface area contributed by atoms with Crippen LogP contribution in [-0.4, -0.2) is 29.5 Å². The second-order valence-electron chi connectivity index (χ2n) is 4.90. The van der Waals surface area contributed by atoms with E-state index >= 15 is 0 Å². The van der Waals surface area contributed by atoms with Gasteiger partial charge in [-0.3, -0.25) is 0 Å². The molecule has 2 amide bonds. The van der Waals surface area contributed by atoms with Crippen molar-refractivity contribution in [2.75, 3.05) is 18.2 Å². The van der Waals surface area contributed by atoms with E-state index in [9.17, 15) is 14.3 Å². The number of halogens is 1. The summed E-state index contributed by atoms with van der Waals surface area (Å²) in [5, 5.41) is 14.6. The van der Waals surface area contributed by atoms with Crippen molar-refractivity contribution in [1.29, 1.82) is 0 Å². The summed E-state index contributed by atoms with van der Waals surface area (Å²) < 4.78 is 13.6. The molecule has 1 aromatic rings. The smallest absolute Gasteiger partial charge is 0.319 e. The predicted molar refractivity (Wildman–Crippen MR) is 80.7 cm³/mol. The van der Waals surface area contributed by atoms with Gasteiger partial charge in [-0.1, -0.05) is 13.3 Å². The molecular weight excluding hydrogens is 279 g/mol. The van der Waals surface area contributed by atoms with Crippen LogP contribution >= 0.6 is 11.8 Å². The largest absolute Gasteiger partial charge is 0.394 e. The number of thioether (sulfide) groups is 1. The zero-order valence-electron chi connectivity index (χ0n) is 12.0. The van der Waals surface area contributed by atoms with Gasteiger partial charge in [0, 0.05) is 10.6 Å². The van der Waals surface area contributed by atoms with E-state index in [-0.39, 0.29) is 12.4 Å². The van der Waals surface area contributed by atoms with Gasteiger partial charge in [-0.2, -0.15) is 0 Å². The molecular formula is C14H21FN2O2S. The number of aliphatic hydroxyl groups excluding tert-OH is 1. The van der Waals surface area contributed by atoms with Crippen LogP contribution in [0.1, 0.15) is 26.7 Å². The van der Waals surface area contributed by atoms with E-state index in [4.69, 9.17) is 0 Å². The first-order valence-electron chi connectivity index (χ1n) is 6.47. The molecule has 0 aromatic heterocycles. The van der Waals surface area contributed by atoms with Crippen molar-refractivity contribution in [2.45, 2.75) is 37.1 Å². The Morgan fingerprint density at radius 1 is 1.50 bits per heavy atom. The van der Waals surface area contributed by atoms with E-state index in [1.54, 1.807) is 25.3 Å². The molecule has 0 spiro atoms. The maximum Gasteiger partial charge on any atom is 0.319 e. The van der Waals surface area contributed by atoms with Crippen LogP contribution in [0.4, 0.5) is 14.9 Å². The fourth-order valence-corrected chi connectivity index (χ4v) is 2.37. The van der Waals surface area contributed by atoms with Crippen molar-refractivity contribution < 1.29 is 14.3 Å². The Balaban J connectivity index is 2.68. The second-order valence-corrected chi connectivity index (χ2v) is 5.75. The lowest BCUT2D eigenvalue weighted by Crippen LogP contribution is -2.50. The highest BCUT2D eigenvalue weighted by atomic mass is 32.2. The van der Waals surface area contributed by atoms with Gasteiger partial charge in [0.15, 0.2) is 0 Å². The molecule has 112 valence electrons. The second kappa shape index (κ2) is 7.50. The van der Waals surface area contributed by atoms with Crippen molar-refractivity contribution in [3.63, 3.8) is 0 Å². The normalized spacial score (nSPS) is 13.7. The van der Waals surface area contributed by atoms with E-state index in [1.807, 2.05) is 6.92 Å². The zero-order chi connectivity index (χ0) is 15.2. The molecule has 0 saturated carbocycles. The Labute approximate surface area is 123 Å². The Morgan fingerprint density at radius 2 is 2.20 bits per heavy atom. The van der Waals surface area contributed by atoms with Gasteiger partial charge in [0.25, 0.3) is 0 Å². The molecule has 3 N–H and O–H groups in total. The molecule has 4 nitrogen and oxygen atoms in total. The summed E-state index contributed by atoms with van der Waals surface area (Å²) in [5.74, 6) is -0.367. The lowest BCUT2D eigenvalue weighted by atomic mass is 9.98. The summed E-state index contributed by atoms with van der Waals surface area (Å²) >= 11 is 1.31. The number of amides is 2. The maximum atomic E-state index is 13.6. The number of aliphatic hydroxyl groups is 1. The van der Waals surface area contributed by atoms with E-state index in [1.165, 1.54) is 17.8 Å². The molecule has 1 atom stereocenters. The third-order valence-corrected chi connectivity index (χ3v) is 3.75. The molecule has 0 bridgehead atoms. The molecule has 0 saturated heterocycles. The molecule has 1 rings (SSSR count). The van der Waals surface area contributed by atoms with Gasteiger partial charge in [-0.15, -0.1) is 11.8 Å². The minimum absolute atomic E-state index is 0.145. The average molecular weight is 300 g/mol. The van der Waals surface area contributed by atoms with Gasteiger partial charge in [-0.25, -0.2) is 9.18 Å². The maximum absolute atomic E-state index is 13.6. The topological polar surface area (TPSA) is 61.4 Å². The Morgan fingerprint density at radius 3 is 2.70 bits per heavy atom. The highest BCUT2D eigenvalue weighted by Crippen LogP contribution is 2.22. The van der Waals surface area contributed by atoms with Crippen LogP contribution in [0.15, 0.2) is 23.1 Å². The zero-order valence-corrected chi connectivity index (χ0v) is 12.8. The summed E-state index contributed by atoms with van der Waals surface area (Å²) in [6.45, 7) is 3.60. The highest BCUT2D eigenvalue weighted by molar-refractivity contribution is 7.98. The van der Waals surface area contributed by atoms with E-state index < -0.39 is 11.6 Å². The minimum Gasteiger partial charge on any atom is -0.394 e. The number of nitrogens with one attached hydrogen (secondary N) is 2. The van der Waals surface area contributed by atoms with Crippen molar-refractivity contribution in [3.8, 4) is 0 Å². The Bertz CT molecular complexity index is 470. The fourth-order valence-electron chi connectivity index (χ4n) is 1.91. The molecule has 0 fully saturated rings. The van der Waals surface area contributed by atoms with Gasteiger partial charge in [0.2, 0.25) is 0 Å². The van der Waals surface area contributed by atoms with Gasteiger partial charge < -0.3 is 15.7 Å². The molecule has 0 heterocycles. The van der Waals surface area contributed by atoms with Crippen LogP contribution in [0.3, 0.4) is 0 Å². The first-order valence-corrected chi connectivity index (χ1v) is 7.70. The monoisotopic (exact) mass is 300 g/mol. The van der Waals surface area contributed by atoms with Crippen LogP contribution in [0, 0.1) is 5.82 Å². The van der Waals surface area contributed by atoms with Gasteiger partial charge in [-0.05, 0) is 37.8 Å². The van der Waals surface area contributed by atoms with Crippen molar-refractivity contribution in [2.24, 2.45) is 0 Å². The number of urea groups is 1. The first kappa shape index (κ1) is 16.8. The van der Waals surface area contributed by atoms with Crippen LogP contribution in [0.5, 0.6) is 0 Å². The third kappa shape index (κ3) is 4.68. The molecule has 0 aliphatic heterocycles. The van der Waals surface area contributed by atoms with Gasteiger partial charge in [0.1, 0.15) is 5.82 Å². The number of hydrogen-bond acceptors (Lipinski definition) is 3. The van der Waals surface area contributed by atoms with E-state index in [0.29, 0.717) is 17.0 Å². The van der Waals surface area contributed by atoms with Gasteiger partial charge >= 0.3 is 6.03 Å². The Kier molecular flexibility index (Phi) is 6.29. The van der Waals surface area contributed by atoms with Crippen LogP contribution in [-0.2, 0) is 0 Å². The van der Waals surface area contributed by atoms with Crippen LogP contribution < -0.4 is 10.6 Å². The summed E-state index contributed by atoms with van der Waals surface area (Å²) in [6.07, 6.45) is 3.29. The van der Waals surface area contributed by atoms with Crippen LogP contribution in [0.2, 0.25) is 0 Å². The number of hydrogen-bond donors (Lipinski definition) is 3. The first-order chi connectivity index (χ1) is 9.44. The fraction of sp³-hybridized carbons (Fsp3) is 0.500. The number of rotatable bonds is 6. The number of anilines is 1. The molecule has 20 heavy (non-hydrogen) atoms. The number of carbonyl (C=O) groups excluding carboxylic acids is 1. The van der Waals surface area contributed by atoms with Crippen molar-refractivity contribution >= 4 is 23.5 Å². The summed E-state index contributed by atoms with van der Waals surface area (Å²) in [5.41, 5.74) is -0.286. The number of carbonyl (C=O) groups is 1. The lowest BCUT2D eigenvalue weighted by molar-refractivity contribution is 0.167. The summed E-state index contributed by atoms with van der Waals surface area (Å²) in [7, 11) is 0. The standard InChI is InChI=1S/C14H21FN2O2S/c1-4-7-14(2,9-18)17-13(19)16-10-5-6-12(20-3)11(15)8-10/h5-6,8,18H,4,7,9H2,1-3H3,(H2,16,17,19). The van der Waals surface area contributed by atoms with Crippen molar-refractivity contribution in [1.82, 2.24) is 5.32 Å². The highest BCUT2D eigenvalue weighted by Gasteiger charge is 2.24. The summed E-state index contributed by atoms with van der Waals surface area (Å²) in [4.78, 5) is 12.4. The van der Waals surface area contributed by atoms with Crippen molar-refractivity contribution in [3.05, 3.63) is 24.0 Å². The quantitative estimate of drug-likeness (QED) is 0.707. The minimum atomic E-state index is -0.670.